The van der Waals surface area contributed by atoms with Gasteiger partial charge in [0.2, 0.25) is 0 Å². The molecule has 0 aliphatic carbocycles. The van der Waals surface area contributed by atoms with E-state index in [0.717, 1.165) is 12.8 Å². The molecule has 0 bridgehead atoms. The average molecular weight is 310 g/mol. The summed E-state index contributed by atoms with van der Waals surface area (Å²) < 4.78 is 0. The molecule has 0 aromatic rings. The molecular weight excluding hydrogens is 280 g/mol. The summed E-state index contributed by atoms with van der Waals surface area (Å²) in [5.41, 5.74) is 0.144. The summed E-state index contributed by atoms with van der Waals surface area (Å²) in [6.45, 7) is 3.72. The minimum absolute atomic E-state index is 0.0481. The highest BCUT2D eigenvalue weighted by Crippen LogP contribution is 2.13. The largest absolute Gasteiger partial charge is 0.481 e. The van der Waals surface area contributed by atoms with E-state index in [1.165, 1.54) is 51.5 Å². The molecule has 0 fully saturated rings. The Balaban J connectivity index is 3.97. The monoisotopic (exact) mass is 310 g/mol. The zero-order chi connectivity index (χ0) is 16.8. The van der Waals surface area contributed by atoms with E-state index in [1.807, 2.05) is 6.08 Å². The predicted octanol–water partition coefficient (Wildman–Crippen LogP) is 4.81. The fraction of sp³-hybridized carbons (Fsp3) is 0.667. The molecule has 0 rings (SSSR count). The first-order valence-corrected chi connectivity index (χ1v) is 8.30. The number of hydrogen-bond donors (Lipinski definition) is 2. The standard InChI is InChI=1S/C18H30O4/c1-3-4-5-6-7-8-9-10-11-12-13-16(18(21)22)14-15(2)17(19)20/h11-13,15H,3-10,14H2,1-2H3,(H,19,20)(H,21,22)/b12-11+,16-13-. The van der Waals surface area contributed by atoms with E-state index in [1.54, 1.807) is 6.08 Å². The van der Waals surface area contributed by atoms with Crippen molar-refractivity contribution < 1.29 is 19.8 Å². The van der Waals surface area contributed by atoms with Crippen molar-refractivity contribution in [3.63, 3.8) is 0 Å². The molecule has 0 aromatic heterocycles. The van der Waals surface area contributed by atoms with Crippen LogP contribution in [0.4, 0.5) is 0 Å². The minimum atomic E-state index is -1.05. The highest BCUT2D eigenvalue weighted by molar-refractivity contribution is 5.88. The summed E-state index contributed by atoms with van der Waals surface area (Å²) in [7, 11) is 0. The molecule has 0 amide bonds. The van der Waals surface area contributed by atoms with Crippen LogP contribution in [-0.4, -0.2) is 22.2 Å². The zero-order valence-corrected chi connectivity index (χ0v) is 13.9. The summed E-state index contributed by atoms with van der Waals surface area (Å²) in [5, 5.41) is 17.9. The Morgan fingerprint density at radius 3 is 2.14 bits per heavy atom. The van der Waals surface area contributed by atoms with Crippen LogP contribution < -0.4 is 0 Å². The minimum Gasteiger partial charge on any atom is -0.481 e. The third-order valence-electron chi connectivity index (χ3n) is 3.63. The normalized spacial score (nSPS) is 13.5. The lowest BCUT2D eigenvalue weighted by molar-refractivity contribution is -0.141. The summed E-state index contributed by atoms with van der Waals surface area (Å²) in [6, 6.07) is 0. The van der Waals surface area contributed by atoms with E-state index in [0.29, 0.717) is 0 Å². The van der Waals surface area contributed by atoms with Crippen LogP contribution in [0, 0.1) is 5.92 Å². The van der Waals surface area contributed by atoms with Gasteiger partial charge in [-0.05, 0) is 19.3 Å². The Hall–Kier alpha value is -1.58. The Labute approximate surface area is 133 Å². The first kappa shape index (κ1) is 20.4. The summed E-state index contributed by atoms with van der Waals surface area (Å²) in [4.78, 5) is 21.8. The van der Waals surface area contributed by atoms with E-state index in [2.05, 4.69) is 6.92 Å². The first-order valence-electron chi connectivity index (χ1n) is 8.30. The van der Waals surface area contributed by atoms with Gasteiger partial charge in [0.25, 0.3) is 0 Å². The van der Waals surface area contributed by atoms with Crippen molar-refractivity contribution in [2.45, 2.75) is 71.6 Å². The number of rotatable bonds is 13. The molecule has 0 aliphatic heterocycles. The van der Waals surface area contributed by atoms with Gasteiger partial charge in [-0.3, -0.25) is 4.79 Å². The lowest BCUT2D eigenvalue weighted by Crippen LogP contribution is -2.13. The van der Waals surface area contributed by atoms with Gasteiger partial charge in [0, 0.05) is 5.57 Å². The molecule has 0 radical (unpaired) electrons. The number of aliphatic carboxylic acids is 2. The number of unbranched alkanes of at least 4 members (excludes halogenated alkanes) is 7. The molecule has 126 valence electrons. The molecule has 0 heterocycles. The fourth-order valence-corrected chi connectivity index (χ4v) is 2.14. The van der Waals surface area contributed by atoms with Gasteiger partial charge in [0.1, 0.15) is 0 Å². The molecule has 4 heteroatoms. The number of allylic oxidation sites excluding steroid dienone is 3. The molecule has 22 heavy (non-hydrogen) atoms. The Morgan fingerprint density at radius 1 is 1.00 bits per heavy atom. The quantitative estimate of drug-likeness (QED) is 0.291. The molecule has 0 spiro atoms. The van der Waals surface area contributed by atoms with Gasteiger partial charge in [0.15, 0.2) is 0 Å². The van der Waals surface area contributed by atoms with E-state index >= 15 is 0 Å². The molecule has 0 saturated heterocycles. The van der Waals surface area contributed by atoms with Crippen LogP contribution in [0.1, 0.15) is 71.6 Å². The molecule has 1 unspecified atom stereocenters. The van der Waals surface area contributed by atoms with Gasteiger partial charge in [-0.15, -0.1) is 0 Å². The zero-order valence-electron chi connectivity index (χ0n) is 13.9. The third kappa shape index (κ3) is 11.1. The van der Waals surface area contributed by atoms with Crippen LogP contribution >= 0.6 is 0 Å². The Kier molecular flexibility index (Phi) is 12.2. The first-order chi connectivity index (χ1) is 10.5. The van der Waals surface area contributed by atoms with Gasteiger partial charge in [-0.25, -0.2) is 4.79 Å². The van der Waals surface area contributed by atoms with E-state index in [9.17, 15) is 9.59 Å². The van der Waals surface area contributed by atoms with Gasteiger partial charge in [-0.1, -0.05) is 70.6 Å². The number of hydrogen-bond acceptors (Lipinski definition) is 2. The maximum atomic E-state index is 11.1. The van der Waals surface area contributed by atoms with Crippen molar-refractivity contribution in [2.75, 3.05) is 0 Å². The van der Waals surface area contributed by atoms with Gasteiger partial charge < -0.3 is 10.2 Å². The molecule has 0 aliphatic rings. The number of carboxylic acid groups (broad SMARTS) is 2. The maximum Gasteiger partial charge on any atom is 0.331 e. The topological polar surface area (TPSA) is 74.6 Å². The second-order valence-corrected chi connectivity index (χ2v) is 5.78. The SMILES string of the molecule is CCCCCCCCC/C=C/C=C(/CC(C)C(=O)O)C(=O)O. The van der Waals surface area contributed by atoms with Crippen LogP contribution in [0.2, 0.25) is 0 Å². The molecule has 0 aromatic carbocycles. The van der Waals surface area contributed by atoms with Crippen LogP contribution in [0.3, 0.4) is 0 Å². The Morgan fingerprint density at radius 2 is 1.59 bits per heavy atom. The van der Waals surface area contributed by atoms with Crippen LogP contribution in [-0.2, 0) is 9.59 Å². The van der Waals surface area contributed by atoms with E-state index in [-0.39, 0.29) is 12.0 Å². The Bertz CT molecular complexity index is 383. The third-order valence-corrected chi connectivity index (χ3v) is 3.63. The van der Waals surface area contributed by atoms with E-state index < -0.39 is 17.9 Å². The van der Waals surface area contributed by atoms with Gasteiger partial charge >= 0.3 is 11.9 Å². The van der Waals surface area contributed by atoms with Gasteiger partial charge in [0.05, 0.1) is 5.92 Å². The van der Waals surface area contributed by atoms with Crippen molar-refractivity contribution in [1.29, 1.82) is 0 Å². The van der Waals surface area contributed by atoms with Crippen molar-refractivity contribution in [3.05, 3.63) is 23.8 Å². The molecule has 4 nitrogen and oxygen atoms in total. The van der Waals surface area contributed by atoms with E-state index in [4.69, 9.17) is 10.2 Å². The number of carbonyl (C=O) groups is 2. The predicted molar refractivity (Wildman–Crippen MR) is 88.9 cm³/mol. The summed E-state index contributed by atoms with van der Waals surface area (Å²) in [5.74, 6) is -2.70. The number of carboxylic acids is 2. The van der Waals surface area contributed by atoms with Gasteiger partial charge in [-0.2, -0.15) is 0 Å². The van der Waals surface area contributed by atoms with Crippen molar-refractivity contribution in [1.82, 2.24) is 0 Å². The van der Waals surface area contributed by atoms with Crippen molar-refractivity contribution in [2.24, 2.45) is 5.92 Å². The van der Waals surface area contributed by atoms with Crippen LogP contribution in [0.15, 0.2) is 23.8 Å². The highest BCUT2D eigenvalue weighted by atomic mass is 16.4. The molecule has 0 saturated carbocycles. The average Bonchev–Trinajstić information content (AvgIpc) is 2.47. The fourth-order valence-electron chi connectivity index (χ4n) is 2.14. The summed E-state index contributed by atoms with van der Waals surface area (Å²) >= 11 is 0. The second-order valence-electron chi connectivity index (χ2n) is 5.78. The smallest absolute Gasteiger partial charge is 0.331 e. The maximum absolute atomic E-state index is 11.1. The second kappa shape index (κ2) is 13.1. The lowest BCUT2D eigenvalue weighted by Gasteiger charge is -2.05. The van der Waals surface area contributed by atoms with Crippen molar-refractivity contribution >= 4 is 11.9 Å². The highest BCUT2D eigenvalue weighted by Gasteiger charge is 2.16. The molecule has 2 N–H and O–H groups in total. The molecular formula is C18H30O4. The van der Waals surface area contributed by atoms with Crippen molar-refractivity contribution in [3.8, 4) is 0 Å². The van der Waals surface area contributed by atoms with Crippen LogP contribution in [0.25, 0.3) is 0 Å². The summed E-state index contributed by atoms with van der Waals surface area (Å²) in [6.07, 6.45) is 15.0. The lowest BCUT2D eigenvalue weighted by atomic mass is 10.0. The molecule has 1 atom stereocenters. The van der Waals surface area contributed by atoms with Crippen LogP contribution in [0.5, 0.6) is 0 Å².